The lowest BCUT2D eigenvalue weighted by molar-refractivity contribution is 0.0527. The topological polar surface area (TPSA) is 85.8 Å². The lowest BCUT2D eigenvalue weighted by Gasteiger charge is -2.18. The van der Waals surface area contributed by atoms with Gasteiger partial charge in [0.25, 0.3) is 0 Å². The van der Waals surface area contributed by atoms with Crippen LogP contribution in [0.2, 0.25) is 0 Å². The summed E-state index contributed by atoms with van der Waals surface area (Å²) in [6, 6.07) is 11.2. The van der Waals surface area contributed by atoms with E-state index in [1.54, 1.807) is 13.0 Å². The van der Waals surface area contributed by atoms with Crippen molar-refractivity contribution in [2.24, 2.45) is 0 Å². The van der Waals surface area contributed by atoms with E-state index in [1.165, 1.54) is 6.20 Å². The summed E-state index contributed by atoms with van der Waals surface area (Å²) in [6.07, 6.45) is 1.51. The number of benzene rings is 1. The van der Waals surface area contributed by atoms with Gasteiger partial charge in [0.05, 0.1) is 24.4 Å². The molecule has 1 aromatic carbocycles. The Morgan fingerprint density at radius 3 is 2.29 bits per heavy atom. The van der Waals surface area contributed by atoms with Gasteiger partial charge in [-0.15, -0.1) is 24.8 Å². The van der Waals surface area contributed by atoms with Gasteiger partial charge in [0.15, 0.2) is 0 Å². The molecule has 0 amide bonds. The van der Waals surface area contributed by atoms with Crippen molar-refractivity contribution in [1.29, 1.82) is 0 Å². The summed E-state index contributed by atoms with van der Waals surface area (Å²) in [6.45, 7) is 12.2. The van der Waals surface area contributed by atoms with Crippen LogP contribution in [0.15, 0.2) is 42.6 Å². The van der Waals surface area contributed by atoms with Gasteiger partial charge in [-0.1, -0.05) is 13.8 Å². The summed E-state index contributed by atoms with van der Waals surface area (Å²) >= 11 is 0. The van der Waals surface area contributed by atoms with Crippen LogP contribution in [0, 0.1) is 0 Å². The largest absolute Gasteiger partial charge is 0.492 e. The average molecular weight is 525 g/mol. The van der Waals surface area contributed by atoms with Gasteiger partial charge in [0.2, 0.25) is 5.88 Å². The van der Waals surface area contributed by atoms with Gasteiger partial charge in [-0.05, 0) is 57.3 Å². The number of carbonyl (C=O) groups is 1. The Hall–Kier alpha value is -2.81. The number of ether oxygens (including phenoxy) is 3. The molecular formula is C25H34Cl2N4O4. The van der Waals surface area contributed by atoms with Gasteiger partial charge in [0.1, 0.15) is 23.4 Å². The van der Waals surface area contributed by atoms with E-state index < -0.39 is 5.97 Å². The van der Waals surface area contributed by atoms with Gasteiger partial charge in [-0.3, -0.25) is 4.98 Å². The SMILES string of the molecule is CCOC(=O)c1cnc2ccc(OCC)nc2c1Nc1ccc(OCCN(CC)CC)cc1.Cl.Cl. The molecule has 2 heterocycles. The van der Waals surface area contributed by atoms with Crippen molar-refractivity contribution in [2.45, 2.75) is 27.7 Å². The third-order valence-electron chi connectivity index (χ3n) is 5.17. The first-order valence-electron chi connectivity index (χ1n) is 11.4. The van der Waals surface area contributed by atoms with Crippen LogP contribution in [0.5, 0.6) is 11.6 Å². The maximum absolute atomic E-state index is 12.6. The fourth-order valence-corrected chi connectivity index (χ4v) is 3.38. The number of nitrogens with one attached hydrogen (secondary N) is 1. The number of nitrogens with zero attached hydrogens (tertiary/aromatic N) is 3. The van der Waals surface area contributed by atoms with E-state index in [0.717, 1.165) is 31.1 Å². The zero-order chi connectivity index (χ0) is 23.6. The highest BCUT2D eigenvalue weighted by atomic mass is 35.5. The van der Waals surface area contributed by atoms with Crippen LogP contribution in [0.4, 0.5) is 11.4 Å². The second kappa shape index (κ2) is 15.2. The van der Waals surface area contributed by atoms with Crippen molar-refractivity contribution in [3.05, 3.63) is 48.2 Å². The minimum absolute atomic E-state index is 0. The fraction of sp³-hybridized carbons (Fsp3) is 0.400. The number of halogens is 2. The Bertz CT molecular complexity index is 1060. The summed E-state index contributed by atoms with van der Waals surface area (Å²) in [5.41, 5.74) is 2.80. The molecular weight excluding hydrogens is 491 g/mol. The lowest BCUT2D eigenvalue weighted by atomic mass is 10.1. The smallest absolute Gasteiger partial charge is 0.341 e. The third-order valence-corrected chi connectivity index (χ3v) is 5.17. The number of rotatable bonds is 12. The highest BCUT2D eigenvalue weighted by Crippen LogP contribution is 2.30. The third kappa shape index (κ3) is 8.13. The average Bonchev–Trinajstić information content (AvgIpc) is 2.83. The predicted molar refractivity (Wildman–Crippen MR) is 144 cm³/mol. The van der Waals surface area contributed by atoms with Crippen LogP contribution in [-0.2, 0) is 4.74 Å². The van der Waals surface area contributed by atoms with Crippen molar-refractivity contribution in [3.8, 4) is 11.6 Å². The normalized spacial score (nSPS) is 10.3. The Balaban J connectivity index is 0.00000306. The van der Waals surface area contributed by atoms with Crippen molar-refractivity contribution in [1.82, 2.24) is 14.9 Å². The monoisotopic (exact) mass is 524 g/mol. The second-order valence-electron chi connectivity index (χ2n) is 7.24. The molecule has 192 valence electrons. The Labute approximate surface area is 219 Å². The molecule has 0 saturated heterocycles. The van der Waals surface area contributed by atoms with Crippen molar-refractivity contribution < 1.29 is 19.0 Å². The second-order valence-corrected chi connectivity index (χ2v) is 7.24. The van der Waals surface area contributed by atoms with Gasteiger partial charge >= 0.3 is 5.97 Å². The first kappa shape index (κ1) is 30.2. The maximum Gasteiger partial charge on any atom is 0.341 e. The summed E-state index contributed by atoms with van der Waals surface area (Å²) in [4.78, 5) is 23.9. The van der Waals surface area contributed by atoms with Gasteiger partial charge in [-0.25, -0.2) is 9.78 Å². The van der Waals surface area contributed by atoms with Crippen molar-refractivity contribution in [3.63, 3.8) is 0 Å². The molecule has 0 unspecified atom stereocenters. The van der Waals surface area contributed by atoms with E-state index in [9.17, 15) is 4.79 Å². The van der Waals surface area contributed by atoms with Gasteiger partial charge in [-0.2, -0.15) is 0 Å². The van der Waals surface area contributed by atoms with E-state index >= 15 is 0 Å². The molecule has 1 N–H and O–H groups in total. The maximum atomic E-state index is 12.6. The number of hydrogen-bond acceptors (Lipinski definition) is 8. The number of esters is 1. The number of aromatic nitrogens is 2. The predicted octanol–water partition coefficient (Wildman–Crippen LogP) is 5.51. The molecule has 2 aromatic heterocycles. The first-order chi connectivity index (χ1) is 16.1. The van der Waals surface area contributed by atoms with Gasteiger partial charge in [0, 0.05) is 24.5 Å². The summed E-state index contributed by atoms with van der Waals surface area (Å²) in [7, 11) is 0. The van der Waals surface area contributed by atoms with Crippen LogP contribution >= 0.6 is 24.8 Å². The molecule has 35 heavy (non-hydrogen) atoms. The quantitative estimate of drug-likeness (QED) is 0.310. The Morgan fingerprint density at radius 2 is 1.66 bits per heavy atom. The minimum atomic E-state index is -0.464. The zero-order valence-corrected chi connectivity index (χ0v) is 22.2. The lowest BCUT2D eigenvalue weighted by Crippen LogP contribution is -2.27. The molecule has 3 aromatic rings. The molecule has 3 rings (SSSR count). The van der Waals surface area contributed by atoms with Crippen LogP contribution in [0.25, 0.3) is 11.0 Å². The van der Waals surface area contributed by atoms with Crippen molar-refractivity contribution >= 4 is 53.2 Å². The fourth-order valence-electron chi connectivity index (χ4n) is 3.38. The highest BCUT2D eigenvalue weighted by Gasteiger charge is 2.18. The number of hydrogen-bond donors (Lipinski definition) is 1. The molecule has 0 aliphatic rings. The Morgan fingerprint density at radius 1 is 0.943 bits per heavy atom. The zero-order valence-electron chi connectivity index (χ0n) is 20.6. The summed E-state index contributed by atoms with van der Waals surface area (Å²) < 4.78 is 16.7. The van der Waals surface area contributed by atoms with Crippen LogP contribution in [-0.4, -0.2) is 60.3 Å². The van der Waals surface area contributed by atoms with E-state index in [0.29, 0.717) is 41.4 Å². The number of likely N-dealkylation sites (N-methyl/N-ethyl adjacent to an activating group) is 1. The summed E-state index contributed by atoms with van der Waals surface area (Å²) in [5.74, 6) is 0.789. The molecule has 0 saturated carbocycles. The molecule has 0 spiro atoms. The molecule has 0 atom stereocenters. The molecule has 0 aliphatic carbocycles. The van der Waals surface area contributed by atoms with E-state index in [4.69, 9.17) is 14.2 Å². The van der Waals surface area contributed by atoms with Crippen LogP contribution in [0.3, 0.4) is 0 Å². The molecule has 10 heteroatoms. The number of anilines is 2. The molecule has 0 fully saturated rings. The number of fused-ring (bicyclic) bond motifs is 1. The first-order valence-corrected chi connectivity index (χ1v) is 11.4. The van der Waals surface area contributed by atoms with E-state index in [1.807, 2.05) is 37.3 Å². The van der Waals surface area contributed by atoms with E-state index in [-0.39, 0.29) is 31.4 Å². The molecule has 0 radical (unpaired) electrons. The molecule has 0 aliphatic heterocycles. The van der Waals surface area contributed by atoms with Gasteiger partial charge < -0.3 is 24.4 Å². The minimum Gasteiger partial charge on any atom is -0.492 e. The van der Waals surface area contributed by atoms with E-state index in [2.05, 4.69) is 34.0 Å². The van der Waals surface area contributed by atoms with Crippen LogP contribution < -0.4 is 14.8 Å². The van der Waals surface area contributed by atoms with Crippen molar-refractivity contribution in [2.75, 3.05) is 44.8 Å². The molecule has 0 bridgehead atoms. The molecule has 8 nitrogen and oxygen atoms in total. The van der Waals surface area contributed by atoms with Crippen LogP contribution in [0.1, 0.15) is 38.1 Å². The summed E-state index contributed by atoms with van der Waals surface area (Å²) in [5, 5.41) is 3.32. The Kier molecular flexibility index (Phi) is 13.2. The number of pyridine rings is 2. The highest BCUT2D eigenvalue weighted by molar-refractivity contribution is 6.04. The standard InChI is InChI=1S/C25H32N4O4.2ClH/c1-5-29(6-2)15-16-33-19-11-9-18(10-12-19)27-23-20(25(30)32-8-4)17-26-21-13-14-22(31-7-3)28-24(21)23;;/h9-14,17H,5-8,15-16H2,1-4H3,(H,26,27);2*1H. The number of carbonyl (C=O) groups excluding carboxylic acids is 1.